The first-order valence-electron chi connectivity index (χ1n) is 7.91. The Morgan fingerprint density at radius 3 is 2.72 bits per heavy atom. The molecule has 4 rings (SSSR count). The highest BCUT2D eigenvalue weighted by Crippen LogP contribution is 2.32. The highest BCUT2D eigenvalue weighted by Gasteiger charge is 2.12. The zero-order chi connectivity index (χ0) is 17.4. The Morgan fingerprint density at radius 2 is 1.92 bits per heavy atom. The molecule has 0 aliphatic carbocycles. The van der Waals surface area contributed by atoms with Crippen molar-refractivity contribution in [1.29, 1.82) is 0 Å². The number of hydrogen-bond donors (Lipinski definition) is 0. The van der Waals surface area contributed by atoms with Crippen molar-refractivity contribution in [3.63, 3.8) is 0 Å². The largest absolute Gasteiger partial charge is 0.315 e. The third-order valence-electron chi connectivity index (χ3n) is 4.37. The zero-order valence-electron chi connectivity index (χ0n) is 13.6. The van der Waals surface area contributed by atoms with Crippen molar-refractivity contribution in [1.82, 2.24) is 9.55 Å². The quantitative estimate of drug-likeness (QED) is 0.396. The maximum atomic E-state index is 11.1. The van der Waals surface area contributed by atoms with Crippen molar-refractivity contribution in [2.45, 2.75) is 6.92 Å². The lowest BCUT2D eigenvalue weighted by Gasteiger charge is -2.09. The number of pyridine rings is 1. The molecule has 5 heteroatoms. The van der Waals surface area contributed by atoms with E-state index in [0.717, 1.165) is 33.3 Å². The summed E-state index contributed by atoms with van der Waals surface area (Å²) in [5, 5.41) is 12.1. The van der Waals surface area contributed by atoms with E-state index in [4.69, 9.17) is 0 Å². The number of aryl methyl sites for hydroxylation is 1. The molecule has 25 heavy (non-hydrogen) atoms. The van der Waals surface area contributed by atoms with Gasteiger partial charge in [0.2, 0.25) is 0 Å². The SMILES string of the molecule is Cc1ccncc1-n1ccc2c(-c3cccc([N+](=O)[O-])c3)cccc21. The van der Waals surface area contributed by atoms with Crippen molar-refractivity contribution in [3.8, 4) is 16.8 Å². The van der Waals surface area contributed by atoms with E-state index in [1.54, 1.807) is 18.3 Å². The summed E-state index contributed by atoms with van der Waals surface area (Å²) >= 11 is 0. The van der Waals surface area contributed by atoms with E-state index in [2.05, 4.69) is 9.55 Å². The monoisotopic (exact) mass is 329 g/mol. The highest BCUT2D eigenvalue weighted by atomic mass is 16.6. The molecule has 122 valence electrons. The molecule has 0 atom stereocenters. The smallest absolute Gasteiger partial charge is 0.270 e. The van der Waals surface area contributed by atoms with E-state index < -0.39 is 0 Å². The van der Waals surface area contributed by atoms with Crippen LogP contribution in [0.2, 0.25) is 0 Å². The second-order valence-electron chi connectivity index (χ2n) is 5.89. The van der Waals surface area contributed by atoms with Crippen LogP contribution in [0.25, 0.3) is 27.7 Å². The van der Waals surface area contributed by atoms with Crippen LogP contribution in [-0.2, 0) is 0 Å². The standard InChI is InChI=1S/C20H15N3O2/c1-14-8-10-21-13-20(14)22-11-9-18-17(6-3-7-19(18)22)15-4-2-5-16(12-15)23(24)25/h2-13H,1H3. The van der Waals surface area contributed by atoms with E-state index in [1.165, 1.54) is 6.07 Å². The molecule has 2 heterocycles. The summed E-state index contributed by atoms with van der Waals surface area (Å²) in [4.78, 5) is 14.9. The minimum atomic E-state index is -0.367. The number of hydrogen-bond acceptors (Lipinski definition) is 3. The van der Waals surface area contributed by atoms with Crippen LogP contribution in [0.4, 0.5) is 5.69 Å². The van der Waals surface area contributed by atoms with Gasteiger partial charge in [-0.2, -0.15) is 0 Å². The van der Waals surface area contributed by atoms with Gasteiger partial charge in [-0.15, -0.1) is 0 Å². The fraction of sp³-hybridized carbons (Fsp3) is 0.0500. The van der Waals surface area contributed by atoms with Gasteiger partial charge >= 0.3 is 0 Å². The van der Waals surface area contributed by atoms with E-state index >= 15 is 0 Å². The highest BCUT2D eigenvalue weighted by molar-refractivity contribution is 5.96. The minimum Gasteiger partial charge on any atom is -0.315 e. The Kier molecular flexibility index (Phi) is 3.54. The lowest BCUT2D eigenvalue weighted by Crippen LogP contribution is -1.96. The molecule has 0 aliphatic heterocycles. The number of benzene rings is 2. The summed E-state index contributed by atoms with van der Waals surface area (Å²) in [6, 6.07) is 16.8. The fourth-order valence-corrected chi connectivity index (χ4v) is 3.12. The minimum absolute atomic E-state index is 0.0945. The first-order chi connectivity index (χ1) is 12.1. The number of nitro benzene ring substituents is 1. The molecule has 0 aliphatic rings. The second kappa shape index (κ2) is 5.87. The normalized spacial score (nSPS) is 10.9. The van der Waals surface area contributed by atoms with Crippen LogP contribution in [0.5, 0.6) is 0 Å². The Balaban J connectivity index is 1.92. The third kappa shape index (κ3) is 2.55. The summed E-state index contributed by atoms with van der Waals surface area (Å²) < 4.78 is 2.10. The molecule has 2 aromatic heterocycles. The Bertz CT molecular complexity index is 1100. The third-order valence-corrected chi connectivity index (χ3v) is 4.37. The Morgan fingerprint density at radius 1 is 1.08 bits per heavy atom. The maximum absolute atomic E-state index is 11.1. The van der Waals surface area contributed by atoms with Gasteiger partial charge in [-0.05, 0) is 41.8 Å². The van der Waals surface area contributed by atoms with Crippen LogP contribution in [0.3, 0.4) is 0 Å². The summed E-state index contributed by atoms with van der Waals surface area (Å²) in [5.41, 5.74) is 5.10. The molecule has 0 bridgehead atoms. The van der Waals surface area contributed by atoms with Crippen molar-refractivity contribution in [3.05, 3.63) is 88.9 Å². The molecule has 0 N–H and O–H groups in total. The molecule has 0 saturated carbocycles. The molecule has 0 fully saturated rings. The van der Waals surface area contributed by atoms with Gasteiger partial charge in [-0.3, -0.25) is 15.1 Å². The summed E-state index contributed by atoms with van der Waals surface area (Å²) in [5.74, 6) is 0. The van der Waals surface area contributed by atoms with Crippen LogP contribution < -0.4 is 0 Å². The van der Waals surface area contributed by atoms with Crippen LogP contribution >= 0.6 is 0 Å². The van der Waals surface area contributed by atoms with Gasteiger partial charge < -0.3 is 4.57 Å². The molecular formula is C20H15N3O2. The van der Waals surface area contributed by atoms with Gasteiger partial charge in [0.25, 0.3) is 5.69 Å². The van der Waals surface area contributed by atoms with E-state index in [0.29, 0.717) is 0 Å². The molecule has 0 radical (unpaired) electrons. The molecule has 5 nitrogen and oxygen atoms in total. The van der Waals surface area contributed by atoms with Crippen molar-refractivity contribution >= 4 is 16.6 Å². The van der Waals surface area contributed by atoms with E-state index in [-0.39, 0.29) is 10.6 Å². The van der Waals surface area contributed by atoms with E-state index in [1.807, 2.05) is 55.7 Å². The van der Waals surface area contributed by atoms with Crippen LogP contribution in [0.1, 0.15) is 5.56 Å². The molecule has 4 aromatic rings. The number of aromatic nitrogens is 2. The second-order valence-corrected chi connectivity index (χ2v) is 5.89. The van der Waals surface area contributed by atoms with Gasteiger partial charge in [-0.1, -0.05) is 24.3 Å². The topological polar surface area (TPSA) is 61.0 Å². The number of fused-ring (bicyclic) bond motifs is 1. The lowest BCUT2D eigenvalue weighted by atomic mass is 10.0. The molecule has 0 saturated heterocycles. The predicted molar refractivity (Wildman–Crippen MR) is 97.9 cm³/mol. The Labute approximate surface area is 144 Å². The van der Waals surface area contributed by atoms with E-state index in [9.17, 15) is 10.1 Å². The van der Waals surface area contributed by atoms with Gasteiger partial charge in [0, 0.05) is 29.9 Å². The molecule has 2 aromatic carbocycles. The van der Waals surface area contributed by atoms with Crippen molar-refractivity contribution < 1.29 is 4.92 Å². The van der Waals surface area contributed by atoms with Gasteiger partial charge in [-0.25, -0.2) is 0 Å². The van der Waals surface area contributed by atoms with Crippen molar-refractivity contribution in [2.24, 2.45) is 0 Å². The van der Waals surface area contributed by atoms with Crippen LogP contribution in [-0.4, -0.2) is 14.5 Å². The first kappa shape index (κ1) is 15.1. The van der Waals surface area contributed by atoms with Crippen molar-refractivity contribution in [2.75, 3.05) is 0 Å². The number of nitrogens with zero attached hydrogens (tertiary/aromatic N) is 3. The molecule has 0 unspecified atom stereocenters. The fourth-order valence-electron chi connectivity index (χ4n) is 3.12. The number of rotatable bonds is 3. The summed E-state index contributed by atoms with van der Waals surface area (Å²) in [7, 11) is 0. The predicted octanol–water partition coefficient (Wildman–Crippen LogP) is 4.91. The average molecular weight is 329 g/mol. The average Bonchev–Trinajstić information content (AvgIpc) is 3.06. The van der Waals surface area contributed by atoms with Gasteiger partial charge in [0.05, 0.1) is 22.3 Å². The van der Waals surface area contributed by atoms with Crippen LogP contribution in [0.15, 0.2) is 73.2 Å². The maximum Gasteiger partial charge on any atom is 0.270 e. The summed E-state index contributed by atoms with van der Waals surface area (Å²) in [6.07, 6.45) is 5.63. The molecule has 0 amide bonds. The molecule has 0 spiro atoms. The van der Waals surface area contributed by atoms with Crippen LogP contribution in [0, 0.1) is 17.0 Å². The first-order valence-corrected chi connectivity index (χ1v) is 7.91. The van der Waals surface area contributed by atoms with Gasteiger partial charge in [0.15, 0.2) is 0 Å². The van der Waals surface area contributed by atoms with Gasteiger partial charge in [0.1, 0.15) is 0 Å². The summed E-state index contributed by atoms with van der Waals surface area (Å²) in [6.45, 7) is 2.05. The Hall–Kier alpha value is -3.47. The number of nitro groups is 1. The number of non-ortho nitro benzene ring substituents is 1. The lowest BCUT2D eigenvalue weighted by molar-refractivity contribution is -0.384. The zero-order valence-corrected chi connectivity index (χ0v) is 13.6. The molecular weight excluding hydrogens is 314 g/mol.